The number of benzene rings is 1. The summed E-state index contributed by atoms with van der Waals surface area (Å²) in [5.41, 5.74) is 0.733. The molecule has 0 radical (unpaired) electrons. The number of aromatic nitrogens is 1. The van der Waals surface area contributed by atoms with Crippen LogP contribution in [-0.4, -0.2) is 205 Å². The van der Waals surface area contributed by atoms with Gasteiger partial charge in [0.25, 0.3) is 11.8 Å². The average molecular weight is 815 g/mol. The molecule has 0 saturated carbocycles. The minimum absolute atomic E-state index is 0. The third kappa shape index (κ3) is 13.8. The van der Waals surface area contributed by atoms with Crippen molar-refractivity contribution in [2.75, 3.05) is 111 Å². The van der Waals surface area contributed by atoms with E-state index in [0.717, 1.165) is 11.4 Å². The van der Waals surface area contributed by atoms with Gasteiger partial charge >= 0.3 is 17.4 Å². The number of nitrogens with one attached hydrogen (secondary N) is 1. The van der Waals surface area contributed by atoms with Gasteiger partial charge in [-0.25, -0.2) is 8.78 Å². The van der Waals surface area contributed by atoms with Crippen molar-refractivity contribution in [2.24, 2.45) is 0 Å². The van der Waals surface area contributed by atoms with E-state index in [0.29, 0.717) is 95.1 Å². The number of hydrogen-bond acceptors (Lipinski definition) is 14. The van der Waals surface area contributed by atoms with E-state index in [9.17, 15) is 48.2 Å². The van der Waals surface area contributed by atoms with Crippen LogP contribution in [0.3, 0.4) is 0 Å². The average Bonchev–Trinajstić information content (AvgIpc) is 3.52. The fourth-order valence-electron chi connectivity index (χ4n) is 6.97. The first kappa shape index (κ1) is 46.8. The maximum Gasteiger partial charge on any atom is 3.00 e. The zero-order valence-electron chi connectivity index (χ0n) is 31.5. The van der Waals surface area contributed by atoms with Crippen LogP contribution in [0.4, 0.5) is 8.78 Å². The number of carboxylic acids is 2. The minimum Gasteiger partial charge on any atom is -1.00 e. The topological polar surface area (TPSA) is 209 Å². The SMILES string of the molecule is N#C[C@@H]1CC(F)(F)CN1C(=O)CNC(=O)c1ccnc2ccc(OCCCN3CCN(C(=O)CN4CCN(CC(=O)[O-])CCN(CC(=O)[O-])CC4)CC3)cc12.[18F-].[Al+3]. The summed E-state index contributed by atoms with van der Waals surface area (Å²) in [5, 5.41) is 34.6. The summed E-state index contributed by atoms with van der Waals surface area (Å²) in [6.45, 7) is 4.13. The van der Waals surface area contributed by atoms with Gasteiger partial charge in [-0.2, -0.15) is 5.26 Å². The normalized spacial score (nSPS) is 19.6. The van der Waals surface area contributed by atoms with Crippen LogP contribution in [0.5, 0.6) is 5.75 Å². The van der Waals surface area contributed by atoms with Crippen molar-refractivity contribution in [1.82, 2.24) is 39.7 Å². The molecule has 3 aliphatic rings. The maximum absolute atomic E-state index is 13.8. The number of likely N-dealkylation sites (tertiary alicyclic amines) is 1. The molecule has 0 aliphatic carbocycles. The molecule has 3 fully saturated rings. The zero-order chi connectivity index (χ0) is 39.5. The molecule has 1 aromatic carbocycles. The van der Waals surface area contributed by atoms with Crippen LogP contribution in [0.15, 0.2) is 30.5 Å². The van der Waals surface area contributed by atoms with Gasteiger partial charge in [-0.3, -0.25) is 39.0 Å². The Bertz CT molecular complexity index is 1740. The Morgan fingerprint density at radius 2 is 1.44 bits per heavy atom. The number of alkyl halides is 2. The number of aliphatic carboxylic acids is 2. The molecule has 57 heavy (non-hydrogen) atoms. The largest absolute Gasteiger partial charge is 3.00 e. The van der Waals surface area contributed by atoms with E-state index in [-0.39, 0.29) is 53.2 Å². The van der Waals surface area contributed by atoms with E-state index >= 15 is 0 Å². The van der Waals surface area contributed by atoms with E-state index in [1.54, 1.807) is 39.0 Å². The van der Waals surface area contributed by atoms with Gasteiger partial charge in [-0.15, -0.1) is 0 Å². The second-order valence-corrected chi connectivity index (χ2v) is 13.9. The van der Waals surface area contributed by atoms with Gasteiger partial charge in [0.15, 0.2) is 0 Å². The summed E-state index contributed by atoms with van der Waals surface area (Å²) in [7, 11) is 0. The zero-order valence-corrected chi connectivity index (χ0v) is 32.6. The number of hydrogen-bond donors (Lipinski definition) is 1. The molecule has 5 rings (SSSR count). The standard InChI is InChI=1S/C36H47F2N9O8.Al.FH/c37-36(38)19-26(20-39)47(25-36)31(48)21-41-35(54)28-4-5-40-30-3-2-27(18-29(28)30)55-17-1-6-42-13-15-46(16-14-42)32(49)22-43-7-9-44(23-33(50)51)11-12-45(10-8-43)24-34(52)53;;/h2-5,18,26H,1,6-17,19,21-25H2,(H,41,54)(H,50,51)(H,52,53);;1H/q;+3;/p-3/t26-;;/m0../s1/i;;1-1. The summed E-state index contributed by atoms with van der Waals surface area (Å²) in [6.07, 6.45) is 1.39. The number of carbonyl (C=O) groups excluding carboxylic acids is 5. The van der Waals surface area contributed by atoms with Crippen LogP contribution in [0.1, 0.15) is 23.2 Å². The first-order valence-corrected chi connectivity index (χ1v) is 18.2. The molecule has 17 nitrogen and oxygen atoms in total. The van der Waals surface area contributed by atoms with Crippen LogP contribution in [-0.2, 0) is 19.2 Å². The molecule has 2 aromatic rings. The Balaban J connectivity index is 0.00000435. The number of fused-ring (bicyclic) bond motifs is 1. The van der Waals surface area contributed by atoms with Crippen LogP contribution >= 0.6 is 0 Å². The summed E-state index contributed by atoms with van der Waals surface area (Å²) in [5.74, 6) is -6.52. The number of halogens is 3. The molecule has 306 valence electrons. The van der Waals surface area contributed by atoms with Crippen molar-refractivity contribution in [1.29, 1.82) is 5.26 Å². The number of amides is 3. The first-order chi connectivity index (χ1) is 26.3. The molecule has 3 aliphatic heterocycles. The van der Waals surface area contributed by atoms with E-state index in [1.165, 1.54) is 12.3 Å². The van der Waals surface area contributed by atoms with Gasteiger partial charge in [0.1, 0.15) is 11.8 Å². The molecule has 0 spiro atoms. The quantitative estimate of drug-likeness (QED) is 0.139. The van der Waals surface area contributed by atoms with Crippen LogP contribution in [0.25, 0.3) is 10.9 Å². The maximum atomic E-state index is 13.8. The number of piperazine rings is 1. The van der Waals surface area contributed by atoms with Crippen LogP contribution in [0.2, 0.25) is 0 Å². The van der Waals surface area contributed by atoms with Crippen molar-refractivity contribution < 1.29 is 52.4 Å². The molecule has 1 aromatic heterocycles. The van der Waals surface area contributed by atoms with Gasteiger partial charge in [0.2, 0.25) is 11.8 Å². The smallest absolute Gasteiger partial charge is 1.00 e. The van der Waals surface area contributed by atoms with E-state index in [1.807, 2.05) is 4.90 Å². The van der Waals surface area contributed by atoms with E-state index in [4.69, 9.17) is 4.74 Å². The summed E-state index contributed by atoms with van der Waals surface area (Å²) >= 11 is 0. The Kier molecular flexibility index (Phi) is 17.9. The summed E-state index contributed by atoms with van der Waals surface area (Å²) < 4.78 is 33.5. The summed E-state index contributed by atoms with van der Waals surface area (Å²) in [6, 6.07) is 7.05. The Labute approximate surface area is 338 Å². The number of nitrogens with zero attached hydrogens (tertiary/aromatic N) is 8. The Morgan fingerprint density at radius 3 is 2.02 bits per heavy atom. The first-order valence-electron chi connectivity index (χ1n) is 18.2. The van der Waals surface area contributed by atoms with E-state index < -0.39 is 55.2 Å². The fraction of sp³-hybridized carbons (Fsp3) is 0.583. The Morgan fingerprint density at radius 1 is 0.860 bits per heavy atom. The molecule has 4 heterocycles. The predicted molar refractivity (Wildman–Crippen MR) is 193 cm³/mol. The van der Waals surface area contributed by atoms with Crippen LogP contribution in [0, 0.1) is 11.3 Å². The molecule has 1 atom stereocenters. The van der Waals surface area contributed by atoms with Crippen molar-refractivity contribution >= 4 is 57.9 Å². The summed E-state index contributed by atoms with van der Waals surface area (Å²) in [4.78, 5) is 75.7. The molecule has 0 unspecified atom stereocenters. The Hall–Kier alpha value is -4.57. The molecule has 0 bridgehead atoms. The molecule has 3 saturated heterocycles. The van der Waals surface area contributed by atoms with Crippen molar-refractivity contribution in [3.05, 3.63) is 36.0 Å². The van der Waals surface area contributed by atoms with Crippen molar-refractivity contribution in [2.45, 2.75) is 24.8 Å². The van der Waals surface area contributed by atoms with E-state index in [2.05, 4.69) is 15.2 Å². The van der Waals surface area contributed by atoms with Crippen molar-refractivity contribution in [3.8, 4) is 11.8 Å². The van der Waals surface area contributed by atoms with Gasteiger partial charge in [-0.05, 0) is 30.7 Å². The van der Waals surface area contributed by atoms with Crippen molar-refractivity contribution in [3.63, 3.8) is 0 Å². The second-order valence-electron chi connectivity index (χ2n) is 13.9. The van der Waals surface area contributed by atoms with Gasteiger partial charge in [-0.1, -0.05) is 0 Å². The monoisotopic (exact) mass is 814 g/mol. The number of carboxylic acid groups (broad SMARTS) is 2. The number of pyridine rings is 1. The third-order valence-electron chi connectivity index (χ3n) is 9.97. The minimum atomic E-state index is -3.16. The number of ether oxygens (including phenoxy) is 1. The molecular formula is C36H45AlF3N9O8. The molecule has 3 amide bonds. The molecule has 21 heteroatoms. The second kappa shape index (κ2) is 21.8. The van der Waals surface area contributed by atoms with Gasteiger partial charge in [0.05, 0.1) is 55.3 Å². The van der Waals surface area contributed by atoms with Gasteiger partial charge in [0, 0.05) is 103 Å². The third-order valence-corrected chi connectivity index (χ3v) is 9.97. The van der Waals surface area contributed by atoms with Crippen LogP contribution < -0.4 is 25.0 Å². The predicted octanol–water partition coefficient (Wildman–Crippen LogP) is -6.32. The number of rotatable bonds is 14. The number of nitriles is 1. The fourth-order valence-corrected chi connectivity index (χ4v) is 6.97. The molecular weight excluding hydrogens is 769 g/mol. The number of carbonyl (C=O) groups is 5. The molecule has 1 N–H and O–H groups in total. The van der Waals surface area contributed by atoms with Gasteiger partial charge < -0.3 is 44.4 Å².